The van der Waals surface area contributed by atoms with E-state index in [1.165, 1.54) is 0 Å². The van der Waals surface area contributed by atoms with Gasteiger partial charge in [0.05, 0.1) is 6.61 Å². The molecule has 0 unspecified atom stereocenters. The van der Waals surface area contributed by atoms with Crippen LogP contribution >= 0.6 is 11.6 Å². The molecule has 0 radical (unpaired) electrons. The lowest BCUT2D eigenvalue weighted by molar-refractivity contribution is -0.123. The van der Waals surface area contributed by atoms with E-state index in [1.807, 2.05) is 6.92 Å². The quantitative estimate of drug-likeness (QED) is 0.838. The molecule has 1 aromatic rings. The minimum atomic E-state index is -0.174. The van der Waals surface area contributed by atoms with Crippen molar-refractivity contribution in [2.45, 2.75) is 19.8 Å². The van der Waals surface area contributed by atoms with E-state index in [9.17, 15) is 4.79 Å². The number of hydrogen-bond donors (Lipinski definition) is 2. The lowest BCUT2D eigenvalue weighted by Crippen LogP contribution is -2.35. The molecule has 1 aromatic carbocycles. The Bertz CT molecular complexity index is 472. The fourth-order valence-corrected chi connectivity index (χ4v) is 1.88. The molecule has 2 N–H and O–H groups in total. The van der Waals surface area contributed by atoms with Gasteiger partial charge in [0.2, 0.25) is 0 Å². The zero-order valence-electron chi connectivity index (χ0n) is 10.9. The van der Waals surface area contributed by atoms with Gasteiger partial charge in [-0.2, -0.15) is 0 Å². The third kappa shape index (κ3) is 3.85. The summed E-state index contributed by atoms with van der Waals surface area (Å²) in [5.74, 6) is 0.452. The highest BCUT2D eigenvalue weighted by atomic mass is 35.5. The van der Waals surface area contributed by atoms with Crippen molar-refractivity contribution < 1.29 is 14.6 Å². The largest absolute Gasteiger partial charge is 0.484 e. The first kappa shape index (κ1) is 14.2. The van der Waals surface area contributed by atoms with Gasteiger partial charge in [0.15, 0.2) is 6.61 Å². The van der Waals surface area contributed by atoms with Crippen LogP contribution in [0, 0.1) is 12.3 Å². The number of hydrogen-bond acceptors (Lipinski definition) is 3. The molecular formula is C14H18ClNO3. The number of nitrogens with one attached hydrogen (secondary N) is 1. The van der Waals surface area contributed by atoms with Crippen LogP contribution in [0.15, 0.2) is 18.2 Å². The summed E-state index contributed by atoms with van der Waals surface area (Å²) in [5, 5.41) is 12.6. The minimum absolute atomic E-state index is 0.0252. The van der Waals surface area contributed by atoms with Crippen molar-refractivity contribution in [3.05, 3.63) is 28.8 Å². The molecule has 1 amide bonds. The normalized spacial score (nSPS) is 15.9. The van der Waals surface area contributed by atoms with Crippen molar-refractivity contribution in [3.8, 4) is 5.75 Å². The first-order valence-electron chi connectivity index (χ1n) is 6.31. The Hall–Kier alpha value is -1.26. The number of carbonyl (C=O) groups is 1. The van der Waals surface area contributed by atoms with Gasteiger partial charge in [-0.1, -0.05) is 11.6 Å². The fraction of sp³-hybridized carbons (Fsp3) is 0.500. The number of aliphatic hydroxyl groups is 1. The molecule has 1 fully saturated rings. The van der Waals surface area contributed by atoms with Crippen LogP contribution in [0.2, 0.25) is 5.02 Å². The van der Waals surface area contributed by atoms with Crippen LogP contribution in [-0.2, 0) is 4.79 Å². The number of amides is 1. The first-order chi connectivity index (χ1) is 9.04. The molecule has 4 nitrogen and oxygen atoms in total. The van der Waals surface area contributed by atoms with Crippen molar-refractivity contribution in [2.75, 3.05) is 19.8 Å². The third-order valence-electron chi connectivity index (χ3n) is 3.45. The predicted octanol–water partition coefficient (Wildman–Crippen LogP) is 1.92. The average molecular weight is 284 g/mol. The van der Waals surface area contributed by atoms with Crippen molar-refractivity contribution >= 4 is 17.5 Å². The zero-order chi connectivity index (χ0) is 13.9. The Balaban J connectivity index is 1.75. The number of aliphatic hydroxyl groups excluding tert-OH is 1. The van der Waals surface area contributed by atoms with Crippen molar-refractivity contribution in [3.63, 3.8) is 0 Å². The molecule has 0 aromatic heterocycles. The van der Waals surface area contributed by atoms with E-state index in [4.69, 9.17) is 21.4 Å². The first-order valence-corrected chi connectivity index (χ1v) is 6.69. The Kier molecular flexibility index (Phi) is 4.32. The molecule has 0 saturated heterocycles. The maximum Gasteiger partial charge on any atom is 0.257 e. The fourth-order valence-electron chi connectivity index (χ4n) is 1.76. The van der Waals surface area contributed by atoms with Crippen molar-refractivity contribution in [1.82, 2.24) is 5.32 Å². The SMILES string of the molecule is Cc1cc(OCC(=O)NCC2(CO)CC2)ccc1Cl. The van der Waals surface area contributed by atoms with Gasteiger partial charge >= 0.3 is 0 Å². The van der Waals surface area contributed by atoms with E-state index in [0.717, 1.165) is 18.4 Å². The Morgan fingerprint density at radius 2 is 2.26 bits per heavy atom. The summed E-state index contributed by atoms with van der Waals surface area (Å²) in [6.45, 7) is 2.51. The number of carbonyl (C=O) groups excluding carboxylic acids is 1. The van der Waals surface area contributed by atoms with Gasteiger partial charge in [0, 0.05) is 17.0 Å². The highest BCUT2D eigenvalue weighted by Crippen LogP contribution is 2.44. The molecule has 19 heavy (non-hydrogen) atoms. The van der Waals surface area contributed by atoms with Crippen LogP contribution < -0.4 is 10.1 Å². The maximum atomic E-state index is 11.6. The predicted molar refractivity (Wildman–Crippen MR) is 73.4 cm³/mol. The second-order valence-electron chi connectivity index (χ2n) is 5.13. The molecule has 5 heteroatoms. The summed E-state index contributed by atoms with van der Waals surface area (Å²) in [5.41, 5.74) is 0.837. The van der Waals surface area contributed by atoms with Crippen LogP contribution in [-0.4, -0.2) is 30.8 Å². The molecule has 1 saturated carbocycles. The van der Waals surface area contributed by atoms with Gasteiger partial charge in [0.25, 0.3) is 5.91 Å². The molecule has 0 spiro atoms. The van der Waals surface area contributed by atoms with E-state index < -0.39 is 0 Å². The lowest BCUT2D eigenvalue weighted by Gasteiger charge is -2.13. The van der Waals surface area contributed by atoms with Crippen LogP contribution in [0.5, 0.6) is 5.75 Å². The average Bonchev–Trinajstić information content (AvgIpc) is 3.18. The molecule has 1 aliphatic carbocycles. The summed E-state index contributed by atoms with van der Waals surface area (Å²) in [7, 11) is 0. The van der Waals surface area contributed by atoms with Gasteiger partial charge in [-0.25, -0.2) is 0 Å². The van der Waals surface area contributed by atoms with Crippen LogP contribution in [0.4, 0.5) is 0 Å². The molecule has 2 rings (SSSR count). The van der Waals surface area contributed by atoms with Gasteiger partial charge in [-0.3, -0.25) is 4.79 Å². The number of rotatable bonds is 6. The summed E-state index contributed by atoms with van der Waals surface area (Å²) in [6.07, 6.45) is 1.95. The van der Waals surface area contributed by atoms with Crippen molar-refractivity contribution in [2.24, 2.45) is 5.41 Å². The zero-order valence-corrected chi connectivity index (χ0v) is 11.7. The van der Waals surface area contributed by atoms with Gasteiger partial charge in [0.1, 0.15) is 5.75 Å². The highest BCUT2D eigenvalue weighted by Gasteiger charge is 2.42. The molecule has 104 valence electrons. The van der Waals surface area contributed by atoms with Crippen LogP contribution in [0.1, 0.15) is 18.4 Å². The van der Waals surface area contributed by atoms with Gasteiger partial charge < -0.3 is 15.2 Å². The molecule has 0 aliphatic heterocycles. The standard InChI is InChI=1S/C14H18ClNO3/c1-10-6-11(2-3-12(10)15)19-7-13(18)16-8-14(9-17)4-5-14/h2-3,6,17H,4-5,7-9H2,1H3,(H,16,18). The smallest absolute Gasteiger partial charge is 0.257 e. The summed E-state index contributed by atoms with van der Waals surface area (Å²) in [6, 6.07) is 5.28. The molecular weight excluding hydrogens is 266 g/mol. The topological polar surface area (TPSA) is 58.6 Å². The van der Waals surface area contributed by atoms with Gasteiger partial charge in [-0.15, -0.1) is 0 Å². The van der Waals surface area contributed by atoms with E-state index in [2.05, 4.69) is 5.32 Å². The second-order valence-corrected chi connectivity index (χ2v) is 5.54. The number of aryl methyl sites for hydroxylation is 1. The highest BCUT2D eigenvalue weighted by molar-refractivity contribution is 6.31. The Morgan fingerprint density at radius 3 is 2.84 bits per heavy atom. The van der Waals surface area contributed by atoms with E-state index in [-0.39, 0.29) is 24.5 Å². The molecule has 0 atom stereocenters. The van der Waals surface area contributed by atoms with Gasteiger partial charge in [-0.05, 0) is 43.5 Å². The van der Waals surface area contributed by atoms with E-state index in [1.54, 1.807) is 18.2 Å². The van der Waals surface area contributed by atoms with E-state index in [0.29, 0.717) is 17.3 Å². The van der Waals surface area contributed by atoms with Crippen LogP contribution in [0.3, 0.4) is 0 Å². The number of ether oxygens (including phenoxy) is 1. The summed E-state index contributed by atoms with van der Waals surface area (Å²) in [4.78, 5) is 11.6. The minimum Gasteiger partial charge on any atom is -0.484 e. The number of benzene rings is 1. The maximum absolute atomic E-state index is 11.6. The number of halogens is 1. The molecule has 1 aliphatic rings. The summed E-state index contributed by atoms with van der Waals surface area (Å²) < 4.78 is 5.39. The Morgan fingerprint density at radius 1 is 1.53 bits per heavy atom. The Labute approximate surface area is 117 Å². The molecule has 0 heterocycles. The van der Waals surface area contributed by atoms with E-state index >= 15 is 0 Å². The molecule has 0 bridgehead atoms. The second kappa shape index (κ2) is 5.80. The van der Waals surface area contributed by atoms with Crippen molar-refractivity contribution in [1.29, 1.82) is 0 Å². The monoisotopic (exact) mass is 283 g/mol. The van der Waals surface area contributed by atoms with Crippen LogP contribution in [0.25, 0.3) is 0 Å². The summed E-state index contributed by atoms with van der Waals surface area (Å²) >= 11 is 5.91. The lowest BCUT2D eigenvalue weighted by atomic mass is 10.1. The third-order valence-corrected chi connectivity index (χ3v) is 3.88.